The van der Waals surface area contributed by atoms with Crippen LogP contribution >= 0.6 is 0 Å². The van der Waals surface area contributed by atoms with Crippen molar-refractivity contribution < 1.29 is 9.31 Å². The predicted molar refractivity (Wildman–Crippen MR) is 90.3 cm³/mol. The van der Waals surface area contributed by atoms with Gasteiger partial charge in [0.25, 0.3) is 5.69 Å². The van der Waals surface area contributed by atoms with Gasteiger partial charge in [0.05, 0.1) is 27.7 Å². The third kappa shape index (κ3) is 3.42. The highest BCUT2D eigenvalue weighted by atomic mass is 19.1. The number of hydrogen-bond donors (Lipinski definition) is 0. The van der Waals surface area contributed by atoms with Crippen molar-refractivity contribution in [3.05, 3.63) is 75.9 Å². The Balaban J connectivity index is 1.94. The van der Waals surface area contributed by atoms with Crippen LogP contribution in [0.15, 0.2) is 58.8 Å². The molecule has 25 heavy (non-hydrogen) atoms. The second kappa shape index (κ2) is 6.60. The summed E-state index contributed by atoms with van der Waals surface area (Å²) in [5.41, 5.74) is 2.98. The maximum Gasteiger partial charge on any atom is 0.271 e. The lowest BCUT2D eigenvalue weighted by Gasteiger charge is -2.03. The first-order valence-corrected chi connectivity index (χ1v) is 7.44. The van der Waals surface area contributed by atoms with Gasteiger partial charge in [-0.2, -0.15) is 10.2 Å². The Kier molecular flexibility index (Phi) is 4.34. The van der Waals surface area contributed by atoms with Gasteiger partial charge in [0, 0.05) is 12.1 Å². The zero-order chi connectivity index (χ0) is 18.0. The summed E-state index contributed by atoms with van der Waals surface area (Å²) in [5, 5.41) is 23.5. The standard InChI is InChI=1S/C17H14FN5O2/c1-11-17(20-19-14-4-3-5-16(10-14)23(24)25)12(2)22(21-11)15-8-6-13(18)7-9-15/h3-10H,1-2H3. The molecule has 0 saturated heterocycles. The van der Waals surface area contributed by atoms with Crippen molar-refractivity contribution in [1.82, 2.24) is 9.78 Å². The van der Waals surface area contributed by atoms with Crippen molar-refractivity contribution in [2.45, 2.75) is 13.8 Å². The number of hydrogen-bond acceptors (Lipinski definition) is 5. The van der Waals surface area contributed by atoms with Crippen LogP contribution in [-0.2, 0) is 0 Å². The summed E-state index contributed by atoms with van der Waals surface area (Å²) >= 11 is 0. The molecular weight excluding hydrogens is 325 g/mol. The van der Waals surface area contributed by atoms with Crippen molar-refractivity contribution in [3.63, 3.8) is 0 Å². The molecule has 0 N–H and O–H groups in total. The average molecular weight is 339 g/mol. The fourth-order valence-electron chi connectivity index (χ4n) is 2.39. The highest BCUT2D eigenvalue weighted by Crippen LogP contribution is 2.28. The minimum atomic E-state index is -0.484. The van der Waals surface area contributed by atoms with E-state index in [1.165, 1.54) is 24.3 Å². The number of nitro groups is 1. The van der Waals surface area contributed by atoms with Crippen LogP contribution in [0.1, 0.15) is 11.4 Å². The first-order valence-electron chi connectivity index (χ1n) is 7.44. The highest BCUT2D eigenvalue weighted by Gasteiger charge is 2.13. The van der Waals surface area contributed by atoms with Crippen LogP contribution in [0.4, 0.5) is 21.5 Å². The lowest BCUT2D eigenvalue weighted by atomic mass is 10.3. The molecule has 0 spiro atoms. The molecule has 0 unspecified atom stereocenters. The summed E-state index contributed by atoms with van der Waals surface area (Å²) in [6.07, 6.45) is 0. The summed E-state index contributed by atoms with van der Waals surface area (Å²) in [7, 11) is 0. The summed E-state index contributed by atoms with van der Waals surface area (Å²) in [6.45, 7) is 3.61. The van der Waals surface area contributed by atoms with Crippen LogP contribution in [0, 0.1) is 29.8 Å². The molecule has 8 heteroatoms. The second-order valence-electron chi connectivity index (χ2n) is 5.38. The molecule has 0 aliphatic heterocycles. The third-order valence-electron chi connectivity index (χ3n) is 3.63. The molecule has 0 fully saturated rings. The first kappa shape index (κ1) is 16.4. The van der Waals surface area contributed by atoms with Gasteiger partial charge in [-0.05, 0) is 44.2 Å². The molecule has 0 aliphatic carbocycles. The Morgan fingerprint density at radius 3 is 2.52 bits per heavy atom. The van der Waals surface area contributed by atoms with Crippen molar-refractivity contribution in [2.24, 2.45) is 10.2 Å². The molecule has 1 heterocycles. The number of nitro benzene ring substituents is 1. The number of rotatable bonds is 4. The SMILES string of the molecule is Cc1nn(-c2ccc(F)cc2)c(C)c1N=Nc1cccc([N+](=O)[O-])c1. The number of nitrogens with zero attached hydrogens (tertiary/aromatic N) is 5. The van der Waals surface area contributed by atoms with Gasteiger partial charge in [0.1, 0.15) is 11.5 Å². The molecule has 2 aromatic carbocycles. The fraction of sp³-hybridized carbons (Fsp3) is 0.118. The average Bonchev–Trinajstić information content (AvgIpc) is 2.88. The van der Waals surface area contributed by atoms with E-state index < -0.39 is 4.92 Å². The van der Waals surface area contributed by atoms with E-state index in [1.807, 2.05) is 6.92 Å². The van der Waals surface area contributed by atoms with E-state index in [-0.39, 0.29) is 11.5 Å². The normalized spacial score (nSPS) is 11.2. The smallest absolute Gasteiger partial charge is 0.258 e. The molecular formula is C17H14FN5O2. The zero-order valence-electron chi connectivity index (χ0n) is 13.5. The maximum atomic E-state index is 13.1. The summed E-state index contributed by atoms with van der Waals surface area (Å²) in [6, 6.07) is 11.9. The number of halogens is 1. The highest BCUT2D eigenvalue weighted by molar-refractivity contribution is 5.51. The Morgan fingerprint density at radius 2 is 1.84 bits per heavy atom. The van der Waals surface area contributed by atoms with Crippen molar-refractivity contribution in [1.29, 1.82) is 0 Å². The van der Waals surface area contributed by atoms with E-state index >= 15 is 0 Å². The van der Waals surface area contributed by atoms with Gasteiger partial charge < -0.3 is 0 Å². The first-order chi connectivity index (χ1) is 12.0. The molecule has 0 bridgehead atoms. The lowest BCUT2D eigenvalue weighted by molar-refractivity contribution is -0.384. The van der Waals surface area contributed by atoms with E-state index in [2.05, 4.69) is 15.3 Å². The van der Waals surface area contributed by atoms with Crippen LogP contribution < -0.4 is 0 Å². The molecule has 0 radical (unpaired) electrons. The molecule has 0 atom stereocenters. The molecule has 3 aromatic rings. The monoisotopic (exact) mass is 339 g/mol. The van der Waals surface area contributed by atoms with Gasteiger partial charge in [0.2, 0.25) is 0 Å². The predicted octanol–water partition coefficient (Wildman–Crippen LogP) is 4.95. The van der Waals surface area contributed by atoms with Gasteiger partial charge in [-0.25, -0.2) is 9.07 Å². The third-order valence-corrected chi connectivity index (χ3v) is 3.63. The molecule has 126 valence electrons. The van der Waals surface area contributed by atoms with Crippen LogP contribution in [0.5, 0.6) is 0 Å². The minimum absolute atomic E-state index is 0.0492. The molecule has 0 amide bonds. The zero-order valence-corrected chi connectivity index (χ0v) is 13.5. The van der Waals surface area contributed by atoms with E-state index in [9.17, 15) is 14.5 Å². The summed E-state index contributed by atoms with van der Waals surface area (Å²) in [5.74, 6) is -0.323. The lowest BCUT2D eigenvalue weighted by Crippen LogP contribution is -1.98. The second-order valence-corrected chi connectivity index (χ2v) is 5.38. The van der Waals surface area contributed by atoms with E-state index in [4.69, 9.17) is 0 Å². The fourth-order valence-corrected chi connectivity index (χ4v) is 2.39. The molecule has 1 aromatic heterocycles. The Morgan fingerprint density at radius 1 is 1.12 bits per heavy atom. The van der Waals surface area contributed by atoms with Crippen LogP contribution in [-0.4, -0.2) is 14.7 Å². The maximum absolute atomic E-state index is 13.1. The number of non-ortho nitro benzene ring substituents is 1. The van der Waals surface area contributed by atoms with Gasteiger partial charge in [-0.3, -0.25) is 10.1 Å². The van der Waals surface area contributed by atoms with Crippen molar-refractivity contribution in [2.75, 3.05) is 0 Å². The number of aromatic nitrogens is 2. The number of aryl methyl sites for hydroxylation is 1. The largest absolute Gasteiger partial charge is 0.271 e. The topological polar surface area (TPSA) is 85.7 Å². The minimum Gasteiger partial charge on any atom is -0.258 e. The van der Waals surface area contributed by atoms with E-state index in [0.29, 0.717) is 22.8 Å². The summed E-state index contributed by atoms with van der Waals surface area (Å²) in [4.78, 5) is 10.3. The van der Waals surface area contributed by atoms with Gasteiger partial charge in [-0.1, -0.05) is 6.07 Å². The molecule has 0 aliphatic rings. The molecule has 0 saturated carbocycles. The van der Waals surface area contributed by atoms with Crippen molar-refractivity contribution >= 4 is 17.1 Å². The molecule has 7 nitrogen and oxygen atoms in total. The van der Waals surface area contributed by atoms with E-state index in [1.54, 1.807) is 35.9 Å². The Hall–Kier alpha value is -3.42. The van der Waals surface area contributed by atoms with Crippen LogP contribution in [0.3, 0.4) is 0 Å². The van der Waals surface area contributed by atoms with Gasteiger partial charge in [0.15, 0.2) is 0 Å². The van der Waals surface area contributed by atoms with Crippen LogP contribution in [0.2, 0.25) is 0 Å². The van der Waals surface area contributed by atoms with Crippen molar-refractivity contribution in [3.8, 4) is 5.69 Å². The van der Waals surface area contributed by atoms with Gasteiger partial charge in [-0.15, -0.1) is 5.11 Å². The number of benzene rings is 2. The Bertz CT molecular complexity index is 964. The van der Waals surface area contributed by atoms with Crippen LogP contribution in [0.25, 0.3) is 5.69 Å². The molecule has 3 rings (SSSR count). The quantitative estimate of drug-likeness (QED) is 0.383. The Labute approximate surface area is 142 Å². The summed E-state index contributed by atoms with van der Waals surface area (Å²) < 4.78 is 14.7. The van der Waals surface area contributed by atoms with E-state index in [0.717, 1.165) is 5.69 Å². The number of azo groups is 1. The van der Waals surface area contributed by atoms with Gasteiger partial charge >= 0.3 is 0 Å².